The van der Waals surface area contributed by atoms with Crippen LogP contribution in [0, 0.1) is 20.8 Å². The molecule has 94 valence electrons. The van der Waals surface area contributed by atoms with Crippen LogP contribution in [0.25, 0.3) is 0 Å². The highest BCUT2D eigenvalue weighted by molar-refractivity contribution is 5.97. The van der Waals surface area contributed by atoms with Gasteiger partial charge in [0, 0.05) is 12.1 Å². The van der Waals surface area contributed by atoms with Gasteiger partial charge >= 0.3 is 0 Å². The number of rotatable bonds is 2. The van der Waals surface area contributed by atoms with Crippen LogP contribution in [0.1, 0.15) is 40.8 Å². The zero-order valence-electron chi connectivity index (χ0n) is 10.9. The van der Waals surface area contributed by atoms with Crippen molar-refractivity contribution in [3.05, 3.63) is 22.6 Å². The quantitative estimate of drug-likeness (QED) is 0.821. The topological polar surface area (TPSA) is 54.3 Å². The van der Waals surface area contributed by atoms with Crippen molar-refractivity contribution in [1.29, 1.82) is 0 Å². The van der Waals surface area contributed by atoms with Crippen molar-refractivity contribution < 1.29 is 9.21 Å². The molecule has 0 spiro atoms. The standard InChI is InChI=1S/C13H20N2O2/c1-8-9(2)17-10(3)11(8)12(16)15-13(4)5-6-14-7-13/h14H,5-7H2,1-4H3,(H,15,16). The lowest BCUT2D eigenvalue weighted by Crippen LogP contribution is -2.47. The molecule has 0 aliphatic carbocycles. The fraction of sp³-hybridized carbons (Fsp3) is 0.615. The Hall–Kier alpha value is -1.29. The Kier molecular flexibility index (Phi) is 3.00. The number of amides is 1. The molecule has 0 aromatic carbocycles. The highest BCUT2D eigenvalue weighted by atomic mass is 16.3. The third-order valence-electron chi connectivity index (χ3n) is 3.57. The highest BCUT2D eigenvalue weighted by Gasteiger charge is 2.31. The summed E-state index contributed by atoms with van der Waals surface area (Å²) in [4.78, 5) is 12.3. The molecule has 1 saturated heterocycles. The predicted molar refractivity (Wildman–Crippen MR) is 66.3 cm³/mol. The second-order valence-corrected chi connectivity index (χ2v) is 5.16. The third-order valence-corrected chi connectivity index (χ3v) is 3.57. The van der Waals surface area contributed by atoms with Crippen LogP contribution in [-0.4, -0.2) is 24.5 Å². The Morgan fingerprint density at radius 1 is 1.35 bits per heavy atom. The van der Waals surface area contributed by atoms with Crippen molar-refractivity contribution >= 4 is 5.91 Å². The SMILES string of the molecule is Cc1oc(C)c(C(=O)NC2(C)CCNC2)c1C. The summed E-state index contributed by atoms with van der Waals surface area (Å²) in [6, 6.07) is 0. The van der Waals surface area contributed by atoms with Gasteiger partial charge in [-0.2, -0.15) is 0 Å². The number of hydrogen-bond acceptors (Lipinski definition) is 3. The van der Waals surface area contributed by atoms with Gasteiger partial charge in [0.2, 0.25) is 0 Å². The zero-order valence-corrected chi connectivity index (χ0v) is 10.9. The molecule has 1 aromatic rings. The van der Waals surface area contributed by atoms with Gasteiger partial charge in [-0.3, -0.25) is 4.79 Å². The maximum Gasteiger partial charge on any atom is 0.255 e. The van der Waals surface area contributed by atoms with Crippen LogP contribution >= 0.6 is 0 Å². The summed E-state index contributed by atoms with van der Waals surface area (Å²) in [7, 11) is 0. The van der Waals surface area contributed by atoms with E-state index in [-0.39, 0.29) is 11.4 Å². The maximum absolute atomic E-state index is 12.3. The van der Waals surface area contributed by atoms with Crippen LogP contribution in [0.4, 0.5) is 0 Å². The summed E-state index contributed by atoms with van der Waals surface area (Å²) in [5.74, 6) is 1.50. The number of nitrogens with one attached hydrogen (secondary N) is 2. The van der Waals surface area contributed by atoms with Gasteiger partial charge in [0.15, 0.2) is 0 Å². The molecule has 1 amide bonds. The first kappa shape index (κ1) is 12.2. The van der Waals surface area contributed by atoms with Crippen LogP contribution in [-0.2, 0) is 0 Å². The number of aryl methyl sites for hydroxylation is 2. The van der Waals surface area contributed by atoms with Gasteiger partial charge in [-0.15, -0.1) is 0 Å². The van der Waals surface area contributed by atoms with E-state index in [9.17, 15) is 4.79 Å². The van der Waals surface area contributed by atoms with Gasteiger partial charge in [0.1, 0.15) is 11.5 Å². The molecule has 0 saturated carbocycles. The minimum atomic E-state index is -0.138. The maximum atomic E-state index is 12.3. The van der Waals surface area contributed by atoms with E-state index in [1.165, 1.54) is 0 Å². The Labute approximate surface area is 102 Å². The second-order valence-electron chi connectivity index (χ2n) is 5.16. The van der Waals surface area contributed by atoms with Gasteiger partial charge in [-0.25, -0.2) is 0 Å². The summed E-state index contributed by atoms with van der Waals surface area (Å²) in [5.41, 5.74) is 1.49. The Morgan fingerprint density at radius 3 is 2.53 bits per heavy atom. The van der Waals surface area contributed by atoms with E-state index in [1.54, 1.807) is 0 Å². The molecule has 2 N–H and O–H groups in total. The molecule has 0 radical (unpaired) electrons. The van der Waals surface area contributed by atoms with Crippen molar-refractivity contribution in [2.75, 3.05) is 13.1 Å². The van der Waals surface area contributed by atoms with Crippen LogP contribution in [0.2, 0.25) is 0 Å². The minimum absolute atomic E-state index is 0.0250. The molecule has 0 bridgehead atoms. The van der Waals surface area contributed by atoms with Gasteiger partial charge in [-0.1, -0.05) is 0 Å². The predicted octanol–water partition coefficient (Wildman–Crippen LogP) is 1.69. The van der Waals surface area contributed by atoms with Gasteiger partial charge in [0.25, 0.3) is 5.91 Å². The van der Waals surface area contributed by atoms with Gasteiger partial charge < -0.3 is 15.1 Å². The fourth-order valence-corrected chi connectivity index (χ4v) is 2.39. The van der Waals surface area contributed by atoms with Crippen molar-refractivity contribution in [1.82, 2.24) is 10.6 Å². The van der Waals surface area contributed by atoms with Crippen molar-refractivity contribution in [2.24, 2.45) is 0 Å². The van der Waals surface area contributed by atoms with Crippen molar-refractivity contribution in [3.8, 4) is 0 Å². The van der Waals surface area contributed by atoms with Gasteiger partial charge in [0.05, 0.1) is 11.1 Å². The van der Waals surface area contributed by atoms with Crippen LogP contribution in [0.15, 0.2) is 4.42 Å². The largest absolute Gasteiger partial charge is 0.466 e. The molecular formula is C13H20N2O2. The normalized spacial score (nSPS) is 24.0. The van der Waals surface area contributed by atoms with E-state index >= 15 is 0 Å². The molecule has 1 aliphatic heterocycles. The molecule has 1 atom stereocenters. The summed E-state index contributed by atoms with van der Waals surface area (Å²) in [6.45, 7) is 9.51. The molecular weight excluding hydrogens is 216 g/mol. The van der Waals surface area contributed by atoms with E-state index in [1.807, 2.05) is 20.8 Å². The summed E-state index contributed by atoms with van der Waals surface area (Å²) < 4.78 is 5.49. The Balaban J connectivity index is 2.20. The minimum Gasteiger partial charge on any atom is -0.466 e. The smallest absolute Gasteiger partial charge is 0.255 e. The number of carbonyl (C=O) groups excluding carboxylic acids is 1. The first-order chi connectivity index (χ1) is 7.93. The Bertz CT molecular complexity index is 443. The molecule has 2 rings (SSSR count). The lowest BCUT2D eigenvalue weighted by molar-refractivity contribution is 0.0911. The monoisotopic (exact) mass is 236 g/mol. The van der Waals surface area contributed by atoms with Crippen LogP contribution in [0.5, 0.6) is 0 Å². The van der Waals surface area contributed by atoms with Crippen LogP contribution in [0.3, 0.4) is 0 Å². The summed E-state index contributed by atoms with van der Waals surface area (Å²) >= 11 is 0. The summed E-state index contributed by atoms with van der Waals surface area (Å²) in [6.07, 6.45) is 0.966. The fourth-order valence-electron chi connectivity index (χ4n) is 2.39. The first-order valence-corrected chi connectivity index (χ1v) is 6.03. The molecule has 17 heavy (non-hydrogen) atoms. The lowest BCUT2D eigenvalue weighted by atomic mass is 10.00. The number of carbonyl (C=O) groups is 1. The van der Waals surface area contributed by atoms with E-state index in [0.717, 1.165) is 30.8 Å². The molecule has 4 heteroatoms. The Morgan fingerprint density at radius 2 is 2.06 bits per heavy atom. The van der Waals surface area contributed by atoms with E-state index < -0.39 is 0 Å². The van der Waals surface area contributed by atoms with Crippen molar-refractivity contribution in [2.45, 2.75) is 39.7 Å². The van der Waals surface area contributed by atoms with Crippen LogP contribution < -0.4 is 10.6 Å². The van der Waals surface area contributed by atoms with E-state index in [4.69, 9.17) is 4.42 Å². The second kappa shape index (κ2) is 4.18. The molecule has 1 aromatic heterocycles. The first-order valence-electron chi connectivity index (χ1n) is 6.03. The number of furan rings is 1. The van der Waals surface area contributed by atoms with Gasteiger partial charge in [-0.05, 0) is 40.7 Å². The van der Waals surface area contributed by atoms with Crippen molar-refractivity contribution in [3.63, 3.8) is 0 Å². The zero-order chi connectivity index (χ0) is 12.6. The molecule has 1 fully saturated rings. The summed E-state index contributed by atoms with van der Waals surface area (Å²) in [5, 5.41) is 6.37. The molecule has 1 aliphatic rings. The highest BCUT2D eigenvalue weighted by Crippen LogP contribution is 2.22. The average molecular weight is 236 g/mol. The molecule has 4 nitrogen and oxygen atoms in total. The average Bonchev–Trinajstić information content (AvgIpc) is 2.73. The number of hydrogen-bond donors (Lipinski definition) is 2. The third kappa shape index (κ3) is 2.22. The van der Waals surface area contributed by atoms with E-state index in [0.29, 0.717) is 11.3 Å². The molecule has 1 unspecified atom stereocenters. The molecule has 2 heterocycles. The van der Waals surface area contributed by atoms with E-state index in [2.05, 4.69) is 17.6 Å². The lowest BCUT2D eigenvalue weighted by Gasteiger charge is -2.24.